The lowest BCUT2D eigenvalue weighted by Gasteiger charge is -2.11. The molecule has 2 rings (SSSR count). The molecule has 1 heterocycles. The SMILES string of the molecule is Nc1c(F)cccc1CC1CCCO1. The third-order valence-corrected chi connectivity index (χ3v) is 2.61. The van der Waals surface area contributed by atoms with E-state index in [1.807, 2.05) is 6.07 Å². The van der Waals surface area contributed by atoms with Crippen LogP contribution in [-0.4, -0.2) is 12.7 Å². The normalized spacial score (nSPS) is 21.4. The fourth-order valence-electron chi connectivity index (χ4n) is 1.81. The first kappa shape index (κ1) is 9.46. The summed E-state index contributed by atoms with van der Waals surface area (Å²) in [6, 6.07) is 4.93. The number of halogens is 1. The van der Waals surface area contributed by atoms with Crippen molar-refractivity contribution in [1.82, 2.24) is 0 Å². The maximum Gasteiger partial charge on any atom is 0.146 e. The molecule has 0 amide bonds. The molecular formula is C11H14FNO. The molecule has 0 radical (unpaired) electrons. The van der Waals surface area contributed by atoms with Gasteiger partial charge in [0, 0.05) is 13.0 Å². The minimum atomic E-state index is -0.333. The molecule has 2 N–H and O–H groups in total. The van der Waals surface area contributed by atoms with Gasteiger partial charge in [0.1, 0.15) is 5.82 Å². The molecule has 0 spiro atoms. The monoisotopic (exact) mass is 195 g/mol. The van der Waals surface area contributed by atoms with E-state index < -0.39 is 0 Å². The van der Waals surface area contributed by atoms with E-state index >= 15 is 0 Å². The van der Waals surface area contributed by atoms with Crippen LogP contribution < -0.4 is 5.73 Å². The molecule has 1 aromatic carbocycles. The summed E-state index contributed by atoms with van der Waals surface area (Å²) in [7, 11) is 0. The molecule has 1 unspecified atom stereocenters. The van der Waals surface area contributed by atoms with Crippen molar-refractivity contribution in [2.24, 2.45) is 0 Å². The lowest BCUT2D eigenvalue weighted by atomic mass is 10.0. The lowest BCUT2D eigenvalue weighted by molar-refractivity contribution is 0.111. The Balaban J connectivity index is 2.11. The molecule has 76 valence electrons. The highest BCUT2D eigenvalue weighted by molar-refractivity contribution is 5.48. The molecule has 1 fully saturated rings. The molecule has 1 aliphatic rings. The van der Waals surface area contributed by atoms with Crippen LogP contribution >= 0.6 is 0 Å². The number of nitrogens with two attached hydrogens (primary N) is 1. The maximum absolute atomic E-state index is 13.1. The van der Waals surface area contributed by atoms with Crippen molar-refractivity contribution in [1.29, 1.82) is 0 Å². The first-order valence-corrected chi connectivity index (χ1v) is 4.92. The third-order valence-electron chi connectivity index (χ3n) is 2.61. The largest absolute Gasteiger partial charge is 0.396 e. The standard InChI is InChI=1S/C11H14FNO/c12-10-5-1-3-8(11(10)13)7-9-4-2-6-14-9/h1,3,5,9H,2,4,6-7,13H2. The molecular weight excluding hydrogens is 181 g/mol. The third kappa shape index (κ3) is 1.87. The van der Waals surface area contributed by atoms with Crippen molar-refractivity contribution in [3.05, 3.63) is 29.6 Å². The Hall–Kier alpha value is -1.09. The van der Waals surface area contributed by atoms with E-state index in [0.29, 0.717) is 0 Å². The fourth-order valence-corrected chi connectivity index (χ4v) is 1.81. The number of para-hydroxylation sites is 1. The topological polar surface area (TPSA) is 35.2 Å². The van der Waals surface area contributed by atoms with Gasteiger partial charge < -0.3 is 10.5 Å². The van der Waals surface area contributed by atoms with E-state index in [9.17, 15) is 4.39 Å². The molecule has 1 saturated heterocycles. The Bertz CT molecular complexity index is 321. The smallest absolute Gasteiger partial charge is 0.146 e. The van der Waals surface area contributed by atoms with Gasteiger partial charge in [0.2, 0.25) is 0 Å². The van der Waals surface area contributed by atoms with E-state index in [1.54, 1.807) is 6.07 Å². The van der Waals surface area contributed by atoms with Crippen LogP contribution in [0.4, 0.5) is 10.1 Å². The number of nitrogen functional groups attached to an aromatic ring is 1. The van der Waals surface area contributed by atoms with Crippen molar-refractivity contribution in [3.63, 3.8) is 0 Å². The Morgan fingerprint density at radius 1 is 1.50 bits per heavy atom. The minimum Gasteiger partial charge on any atom is -0.396 e. The van der Waals surface area contributed by atoms with Crippen LogP contribution in [0, 0.1) is 5.82 Å². The predicted molar refractivity (Wildman–Crippen MR) is 53.5 cm³/mol. The summed E-state index contributed by atoms with van der Waals surface area (Å²) in [6.07, 6.45) is 3.10. The molecule has 0 bridgehead atoms. The van der Waals surface area contributed by atoms with Crippen molar-refractivity contribution >= 4 is 5.69 Å². The lowest BCUT2D eigenvalue weighted by Crippen LogP contribution is -2.11. The summed E-state index contributed by atoms with van der Waals surface area (Å²) < 4.78 is 18.6. The van der Waals surface area contributed by atoms with E-state index in [1.165, 1.54) is 6.07 Å². The van der Waals surface area contributed by atoms with Gasteiger partial charge in [-0.05, 0) is 24.5 Å². The fraction of sp³-hybridized carbons (Fsp3) is 0.455. The minimum absolute atomic E-state index is 0.221. The van der Waals surface area contributed by atoms with Crippen LogP contribution in [-0.2, 0) is 11.2 Å². The summed E-state index contributed by atoms with van der Waals surface area (Å²) >= 11 is 0. The second kappa shape index (κ2) is 3.96. The van der Waals surface area contributed by atoms with E-state index in [4.69, 9.17) is 10.5 Å². The van der Waals surface area contributed by atoms with Gasteiger partial charge in [0.05, 0.1) is 11.8 Å². The molecule has 14 heavy (non-hydrogen) atoms. The van der Waals surface area contributed by atoms with Crippen molar-refractivity contribution in [2.75, 3.05) is 12.3 Å². The maximum atomic E-state index is 13.1. The Morgan fingerprint density at radius 3 is 3.07 bits per heavy atom. The zero-order valence-electron chi connectivity index (χ0n) is 8.00. The number of hydrogen-bond acceptors (Lipinski definition) is 2. The van der Waals surface area contributed by atoms with Crippen LogP contribution in [0.3, 0.4) is 0 Å². The number of anilines is 1. The number of benzene rings is 1. The van der Waals surface area contributed by atoms with Gasteiger partial charge in [0.15, 0.2) is 0 Å². The number of ether oxygens (including phenoxy) is 1. The molecule has 0 aliphatic carbocycles. The quantitative estimate of drug-likeness (QED) is 0.734. The molecule has 1 aliphatic heterocycles. The van der Waals surface area contributed by atoms with Crippen molar-refractivity contribution in [2.45, 2.75) is 25.4 Å². The summed E-state index contributed by atoms with van der Waals surface area (Å²) in [5.74, 6) is -0.333. The van der Waals surface area contributed by atoms with Crippen LogP contribution in [0.25, 0.3) is 0 Å². The first-order chi connectivity index (χ1) is 6.77. The predicted octanol–water partition coefficient (Wildman–Crippen LogP) is 2.13. The molecule has 0 aromatic heterocycles. The highest BCUT2D eigenvalue weighted by Crippen LogP contribution is 2.22. The second-order valence-electron chi connectivity index (χ2n) is 3.65. The zero-order chi connectivity index (χ0) is 9.97. The van der Waals surface area contributed by atoms with Crippen molar-refractivity contribution < 1.29 is 9.13 Å². The molecule has 0 saturated carbocycles. The highest BCUT2D eigenvalue weighted by Gasteiger charge is 2.17. The van der Waals surface area contributed by atoms with Gasteiger partial charge in [-0.2, -0.15) is 0 Å². The second-order valence-corrected chi connectivity index (χ2v) is 3.65. The van der Waals surface area contributed by atoms with E-state index in [0.717, 1.165) is 31.4 Å². The average molecular weight is 195 g/mol. The Kier molecular flexibility index (Phi) is 2.68. The first-order valence-electron chi connectivity index (χ1n) is 4.92. The summed E-state index contributed by atoms with van der Waals surface area (Å²) in [4.78, 5) is 0. The molecule has 3 heteroatoms. The highest BCUT2D eigenvalue weighted by atomic mass is 19.1. The van der Waals surface area contributed by atoms with Crippen LogP contribution in [0.1, 0.15) is 18.4 Å². The van der Waals surface area contributed by atoms with Gasteiger partial charge in [-0.25, -0.2) is 4.39 Å². The molecule has 1 atom stereocenters. The van der Waals surface area contributed by atoms with Gasteiger partial charge in [-0.3, -0.25) is 0 Å². The molecule has 2 nitrogen and oxygen atoms in total. The summed E-state index contributed by atoms with van der Waals surface area (Å²) in [5, 5.41) is 0. The molecule has 1 aromatic rings. The van der Waals surface area contributed by atoms with Gasteiger partial charge >= 0.3 is 0 Å². The van der Waals surface area contributed by atoms with Gasteiger partial charge in [0.25, 0.3) is 0 Å². The van der Waals surface area contributed by atoms with E-state index in [2.05, 4.69) is 0 Å². The number of rotatable bonds is 2. The van der Waals surface area contributed by atoms with Crippen LogP contribution in [0.2, 0.25) is 0 Å². The summed E-state index contributed by atoms with van der Waals surface area (Å²) in [5.41, 5.74) is 6.76. The zero-order valence-corrected chi connectivity index (χ0v) is 8.00. The van der Waals surface area contributed by atoms with E-state index in [-0.39, 0.29) is 17.6 Å². The number of hydrogen-bond donors (Lipinski definition) is 1. The van der Waals surface area contributed by atoms with Crippen molar-refractivity contribution in [3.8, 4) is 0 Å². The van der Waals surface area contributed by atoms with Gasteiger partial charge in [-0.15, -0.1) is 0 Å². The Morgan fingerprint density at radius 2 is 2.36 bits per heavy atom. The Labute approximate surface area is 82.9 Å². The van der Waals surface area contributed by atoms with Crippen LogP contribution in [0.5, 0.6) is 0 Å². The summed E-state index contributed by atoms with van der Waals surface area (Å²) in [6.45, 7) is 0.819. The van der Waals surface area contributed by atoms with Gasteiger partial charge in [-0.1, -0.05) is 12.1 Å². The average Bonchev–Trinajstić information content (AvgIpc) is 2.66. The van der Waals surface area contributed by atoms with Crippen LogP contribution in [0.15, 0.2) is 18.2 Å².